The van der Waals surface area contributed by atoms with E-state index in [1.807, 2.05) is 13.1 Å². The van der Waals surface area contributed by atoms with Gasteiger partial charge >= 0.3 is 0 Å². The number of allylic oxidation sites excluding steroid dienone is 1. The summed E-state index contributed by atoms with van der Waals surface area (Å²) in [7, 11) is 1.96. The van der Waals surface area contributed by atoms with Crippen LogP contribution in [0.5, 0.6) is 0 Å². The maximum Gasteiger partial charge on any atom is 0.0982 e. The molecular formula is C30H42N4S. The topological polar surface area (TPSA) is 31.4 Å². The standard InChI is InChI=1S/C30H42N4S/c1-8-9-10-28(21(2)31-7)34-18-25-17-24(11-12-27(25)22(34)3)23-13-15-33(16-14-23)19-26-20-35-29(32-26)30(4,5)6/h8,11-12,17,20,23,28,31H,1-3,9-10,13-16,18-19H2,4-7H3. The third kappa shape index (κ3) is 5.73. The molecule has 5 heteroatoms. The van der Waals surface area contributed by atoms with E-state index in [0.29, 0.717) is 5.92 Å². The molecule has 1 aromatic carbocycles. The first kappa shape index (κ1) is 25.7. The zero-order chi connectivity index (χ0) is 25.2. The van der Waals surface area contributed by atoms with Crippen LogP contribution in [-0.4, -0.2) is 41.0 Å². The van der Waals surface area contributed by atoms with Gasteiger partial charge in [-0.25, -0.2) is 4.98 Å². The smallest absolute Gasteiger partial charge is 0.0982 e. The van der Waals surface area contributed by atoms with Crippen LogP contribution in [0.4, 0.5) is 0 Å². The number of piperidine rings is 1. The first-order valence-electron chi connectivity index (χ1n) is 12.9. The van der Waals surface area contributed by atoms with Gasteiger partial charge in [0.2, 0.25) is 0 Å². The van der Waals surface area contributed by atoms with Gasteiger partial charge in [-0.2, -0.15) is 0 Å². The quantitative estimate of drug-likeness (QED) is 0.398. The number of hydrogen-bond donors (Lipinski definition) is 1. The summed E-state index contributed by atoms with van der Waals surface area (Å²) in [5.41, 5.74) is 7.70. The number of nitrogens with one attached hydrogen (secondary N) is 1. The fourth-order valence-corrected chi connectivity index (χ4v) is 6.25. The molecule has 4 nitrogen and oxygen atoms in total. The van der Waals surface area contributed by atoms with Crippen molar-refractivity contribution < 1.29 is 0 Å². The van der Waals surface area contributed by atoms with E-state index < -0.39 is 0 Å². The first-order chi connectivity index (χ1) is 16.7. The molecule has 1 atom stereocenters. The zero-order valence-electron chi connectivity index (χ0n) is 22.1. The second kappa shape index (κ2) is 10.7. The molecular weight excluding hydrogens is 448 g/mol. The van der Waals surface area contributed by atoms with Gasteiger partial charge in [0.25, 0.3) is 0 Å². The van der Waals surface area contributed by atoms with Gasteiger partial charge in [-0.15, -0.1) is 17.9 Å². The van der Waals surface area contributed by atoms with Crippen molar-refractivity contribution in [1.29, 1.82) is 0 Å². The van der Waals surface area contributed by atoms with Gasteiger partial charge in [-0.1, -0.05) is 58.2 Å². The molecule has 1 saturated heterocycles. The lowest BCUT2D eigenvalue weighted by Gasteiger charge is -2.32. The molecule has 2 aromatic rings. The van der Waals surface area contributed by atoms with E-state index >= 15 is 0 Å². The molecule has 0 saturated carbocycles. The molecule has 3 heterocycles. The van der Waals surface area contributed by atoms with E-state index in [1.54, 1.807) is 11.3 Å². The Hall–Kier alpha value is -2.37. The van der Waals surface area contributed by atoms with Crippen LogP contribution in [0.15, 0.2) is 55.1 Å². The van der Waals surface area contributed by atoms with Gasteiger partial charge in [0.05, 0.1) is 16.7 Å². The van der Waals surface area contributed by atoms with Crippen molar-refractivity contribution in [2.45, 2.75) is 76.9 Å². The highest BCUT2D eigenvalue weighted by Gasteiger charge is 2.31. The minimum Gasteiger partial charge on any atom is -0.390 e. The molecule has 0 spiro atoms. The molecule has 0 radical (unpaired) electrons. The van der Waals surface area contributed by atoms with Crippen molar-refractivity contribution in [1.82, 2.24) is 20.1 Å². The monoisotopic (exact) mass is 490 g/mol. The Morgan fingerprint density at radius 2 is 2.03 bits per heavy atom. The lowest BCUT2D eigenvalue weighted by molar-refractivity contribution is 0.202. The van der Waals surface area contributed by atoms with E-state index in [4.69, 9.17) is 4.98 Å². The highest BCUT2D eigenvalue weighted by atomic mass is 32.1. The van der Waals surface area contributed by atoms with Gasteiger partial charge in [0.15, 0.2) is 0 Å². The number of thiazole rings is 1. The number of fused-ring (bicyclic) bond motifs is 1. The third-order valence-electron chi connectivity index (χ3n) is 7.51. The van der Waals surface area contributed by atoms with Crippen molar-refractivity contribution in [3.05, 3.63) is 82.5 Å². The van der Waals surface area contributed by atoms with E-state index in [0.717, 1.165) is 50.4 Å². The minimum atomic E-state index is 0.135. The van der Waals surface area contributed by atoms with Crippen LogP contribution in [0.2, 0.25) is 0 Å². The van der Waals surface area contributed by atoms with Gasteiger partial charge in [-0.05, 0) is 55.8 Å². The fraction of sp³-hybridized carbons (Fsp3) is 0.500. The normalized spacial score (nSPS) is 17.9. The highest BCUT2D eigenvalue weighted by Crippen LogP contribution is 2.38. The average Bonchev–Trinajstić information content (AvgIpc) is 3.44. The van der Waals surface area contributed by atoms with Gasteiger partial charge in [-0.3, -0.25) is 4.90 Å². The Morgan fingerprint density at radius 3 is 2.66 bits per heavy atom. The number of nitrogens with zero attached hydrogens (tertiary/aromatic N) is 3. The predicted octanol–water partition coefficient (Wildman–Crippen LogP) is 6.67. The maximum atomic E-state index is 4.91. The van der Waals surface area contributed by atoms with Crippen LogP contribution >= 0.6 is 11.3 Å². The third-order valence-corrected chi connectivity index (χ3v) is 8.83. The molecule has 1 aromatic heterocycles. The van der Waals surface area contributed by atoms with E-state index in [1.165, 1.54) is 40.2 Å². The van der Waals surface area contributed by atoms with Crippen molar-refractivity contribution in [2.75, 3.05) is 20.1 Å². The molecule has 2 aliphatic rings. The summed E-state index contributed by atoms with van der Waals surface area (Å²) in [6.45, 7) is 23.5. The zero-order valence-corrected chi connectivity index (χ0v) is 22.9. The Bertz CT molecular complexity index is 1070. The van der Waals surface area contributed by atoms with E-state index in [-0.39, 0.29) is 11.5 Å². The summed E-state index contributed by atoms with van der Waals surface area (Å²) in [5, 5.41) is 6.76. The second-order valence-electron chi connectivity index (χ2n) is 11.1. The Kier molecular flexibility index (Phi) is 7.87. The summed E-state index contributed by atoms with van der Waals surface area (Å²) in [6, 6.07) is 7.32. The van der Waals surface area contributed by atoms with Crippen LogP contribution in [0.1, 0.15) is 79.8 Å². The molecule has 0 aliphatic carbocycles. The number of likely N-dealkylation sites (N-methyl/N-ethyl adjacent to an activating group) is 1. The molecule has 35 heavy (non-hydrogen) atoms. The summed E-state index contributed by atoms with van der Waals surface area (Å²) in [4.78, 5) is 9.89. The molecule has 188 valence electrons. The minimum absolute atomic E-state index is 0.135. The van der Waals surface area contributed by atoms with Crippen LogP contribution in [0, 0.1) is 0 Å². The number of benzene rings is 1. The first-order valence-corrected chi connectivity index (χ1v) is 13.8. The molecule has 0 bridgehead atoms. The number of likely N-dealkylation sites (tertiary alicyclic amines) is 1. The van der Waals surface area contributed by atoms with Gasteiger partial charge < -0.3 is 10.2 Å². The van der Waals surface area contributed by atoms with Crippen molar-refractivity contribution >= 4 is 17.0 Å². The van der Waals surface area contributed by atoms with E-state index in [2.05, 4.69) is 79.2 Å². The van der Waals surface area contributed by atoms with Crippen molar-refractivity contribution in [2.24, 2.45) is 0 Å². The van der Waals surface area contributed by atoms with Gasteiger partial charge in [0.1, 0.15) is 0 Å². The highest BCUT2D eigenvalue weighted by molar-refractivity contribution is 7.09. The molecule has 0 amide bonds. The molecule has 2 aliphatic heterocycles. The SMILES string of the molecule is C=CCCC(C(=C)NC)N1Cc2cc(C3CCN(Cc4csc(C(C)(C)C)n4)CC3)ccc2C1=C. The summed E-state index contributed by atoms with van der Waals surface area (Å²) in [6.07, 6.45) is 6.37. The lowest BCUT2D eigenvalue weighted by atomic mass is 9.87. The van der Waals surface area contributed by atoms with Gasteiger partial charge in [0, 0.05) is 47.9 Å². The van der Waals surface area contributed by atoms with Crippen LogP contribution in [0.25, 0.3) is 5.70 Å². The molecule has 1 fully saturated rings. The Labute approximate surface area is 216 Å². The number of hydrogen-bond acceptors (Lipinski definition) is 5. The average molecular weight is 491 g/mol. The largest absolute Gasteiger partial charge is 0.390 e. The Morgan fingerprint density at radius 1 is 1.29 bits per heavy atom. The predicted molar refractivity (Wildman–Crippen MR) is 151 cm³/mol. The second-order valence-corrected chi connectivity index (χ2v) is 12.0. The summed E-state index contributed by atoms with van der Waals surface area (Å²) in [5.74, 6) is 0.628. The molecule has 1 unspecified atom stereocenters. The summed E-state index contributed by atoms with van der Waals surface area (Å²) >= 11 is 1.80. The number of aromatic nitrogens is 1. The lowest BCUT2D eigenvalue weighted by Crippen LogP contribution is -2.35. The molecule has 1 N–H and O–H groups in total. The Balaban J connectivity index is 1.38. The molecule has 4 rings (SSSR count). The van der Waals surface area contributed by atoms with Crippen molar-refractivity contribution in [3.8, 4) is 0 Å². The van der Waals surface area contributed by atoms with E-state index in [9.17, 15) is 0 Å². The fourth-order valence-electron chi connectivity index (χ4n) is 5.35. The summed E-state index contributed by atoms with van der Waals surface area (Å²) < 4.78 is 0. The van der Waals surface area contributed by atoms with Crippen LogP contribution in [-0.2, 0) is 18.5 Å². The van der Waals surface area contributed by atoms with Crippen molar-refractivity contribution in [3.63, 3.8) is 0 Å². The maximum absolute atomic E-state index is 4.91. The van der Waals surface area contributed by atoms with Crippen LogP contribution in [0.3, 0.4) is 0 Å². The number of rotatable bonds is 9. The van der Waals surface area contributed by atoms with Crippen LogP contribution < -0.4 is 5.32 Å².